The van der Waals surface area contributed by atoms with Gasteiger partial charge in [-0.1, -0.05) is 0 Å². The van der Waals surface area contributed by atoms with E-state index < -0.39 is 7.74 Å². The van der Waals surface area contributed by atoms with E-state index in [1.54, 1.807) is 0 Å². The molecule has 60 valence electrons. The van der Waals surface area contributed by atoms with E-state index in [0.717, 1.165) is 4.75 Å². The van der Waals surface area contributed by atoms with Crippen molar-refractivity contribution in [3.63, 3.8) is 0 Å². The van der Waals surface area contributed by atoms with E-state index in [1.165, 1.54) is 32.1 Å². The Morgan fingerprint density at radius 2 is 1.40 bits per heavy atom. The van der Waals surface area contributed by atoms with Crippen LogP contribution in [0.4, 0.5) is 0 Å². The summed E-state index contributed by atoms with van der Waals surface area (Å²) >= 11 is 11.3. The molecule has 0 aromatic rings. The van der Waals surface area contributed by atoms with Crippen molar-refractivity contribution in [3.8, 4) is 0 Å². The summed E-state index contributed by atoms with van der Waals surface area (Å²) in [6.07, 6.45) is 7.15. The van der Waals surface area contributed by atoms with Crippen molar-refractivity contribution in [2.75, 3.05) is 0 Å². The van der Waals surface area contributed by atoms with Crippen molar-refractivity contribution in [1.82, 2.24) is 0 Å². The zero-order chi connectivity index (χ0) is 7.61. The molecule has 1 rings (SSSR count). The Balaban J connectivity index is 2.39. The average molecular weight is 395 g/mol. The van der Waals surface area contributed by atoms with Crippen LogP contribution in [0.3, 0.4) is 0 Å². The van der Waals surface area contributed by atoms with Crippen molar-refractivity contribution in [2.24, 2.45) is 0 Å². The van der Waals surface area contributed by atoms with Gasteiger partial charge in [0.2, 0.25) is 0 Å². The normalized spacial score (nSPS) is 23.1. The SMILES string of the molecule is [Br][Ge]([Br])([Br])[CH]1CCCCC1. The van der Waals surface area contributed by atoms with Crippen LogP contribution in [-0.4, -0.2) is 7.74 Å². The van der Waals surface area contributed by atoms with Crippen LogP contribution >= 0.6 is 42.0 Å². The molecule has 10 heavy (non-hydrogen) atoms. The van der Waals surface area contributed by atoms with Crippen LogP contribution in [-0.2, 0) is 0 Å². The first kappa shape index (κ1) is 10.1. The summed E-state index contributed by atoms with van der Waals surface area (Å²) in [5.41, 5.74) is 0. The quantitative estimate of drug-likeness (QED) is 0.576. The third-order valence-electron chi connectivity index (χ3n) is 2.07. The predicted molar refractivity (Wildman–Crippen MR) is 59.4 cm³/mol. The summed E-state index contributed by atoms with van der Waals surface area (Å²) in [7, 11) is -1.78. The first-order valence-corrected chi connectivity index (χ1v) is 19.6. The second-order valence-corrected chi connectivity index (χ2v) is 42.9. The summed E-state index contributed by atoms with van der Waals surface area (Å²) in [4.78, 5) is 0. The van der Waals surface area contributed by atoms with E-state index in [2.05, 4.69) is 42.0 Å². The summed E-state index contributed by atoms with van der Waals surface area (Å²) in [6.45, 7) is 0. The molecule has 0 spiro atoms. The molecule has 0 nitrogen and oxygen atoms in total. The van der Waals surface area contributed by atoms with E-state index in [-0.39, 0.29) is 0 Å². The molecular formula is C6H11Br3Ge. The molecule has 0 heterocycles. The Kier molecular flexibility index (Phi) is 4.31. The first-order chi connectivity index (χ1) is 4.61. The van der Waals surface area contributed by atoms with Crippen LogP contribution in [0, 0.1) is 0 Å². The molecule has 0 atom stereocenters. The van der Waals surface area contributed by atoms with Gasteiger partial charge in [-0.2, -0.15) is 0 Å². The summed E-state index contributed by atoms with van der Waals surface area (Å²) < 4.78 is 0.939. The van der Waals surface area contributed by atoms with Crippen molar-refractivity contribution < 1.29 is 0 Å². The van der Waals surface area contributed by atoms with Gasteiger partial charge in [0, 0.05) is 0 Å². The second-order valence-electron chi connectivity index (χ2n) is 2.88. The molecule has 0 radical (unpaired) electrons. The number of halogens is 3. The molecule has 0 saturated heterocycles. The van der Waals surface area contributed by atoms with Crippen LogP contribution < -0.4 is 0 Å². The van der Waals surface area contributed by atoms with E-state index >= 15 is 0 Å². The topological polar surface area (TPSA) is 0 Å². The fourth-order valence-corrected chi connectivity index (χ4v) is 10.8. The standard InChI is InChI=1S/C6H11Br3Ge/c7-10(8,9)6-4-2-1-3-5-6/h6H,1-5H2. The maximum atomic E-state index is 3.76. The number of hydrogen-bond acceptors (Lipinski definition) is 0. The second kappa shape index (κ2) is 4.28. The van der Waals surface area contributed by atoms with E-state index in [0.29, 0.717) is 0 Å². The molecule has 0 unspecified atom stereocenters. The fraction of sp³-hybridized carbons (Fsp3) is 1.00. The van der Waals surface area contributed by atoms with Crippen molar-refractivity contribution in [1.29, 1.82) is 0 Å². The number of rotatable bonds is 1. The van der Waals surface area contributed by atoms with Gasteiger partial charge in [0.05, 0.1) is 0 Å². The Hall–Kier alpha value is 1.98. The fourth-order valence-electron chi connectivity index (χ4n) is 1.43. The Bertz CT molecular complexity index is 104. The van der Waals surface area contributed by atoms with Crippen LogP contribution in [0.5, 0.6) is 0 Å². The molecule has 1 fully saturated rings. The van der Waals surface area contributed by atoms with Gasteiger partial charge < -0.3 is 0 Å². The summed E-state index contributed by atoms with van der Waals surface area (Å²) in [5, 5.41) is 0. The molecular weight excluding hydrogens is 384 g/mol. The predicted octanol–water partition coefficient (Wildman–Crippen LogP) is 4.44. The van der Waals surface area contributed by atoms with Gasteiger partial charge in [-0.05, 0) is 0 Å². The van der Waals surface area contributed by atoms with Crippen molar-refractivity contribution in [3.05, 3.63) is 0 Å². The summed E-state index contributed by atoms with van der Waals surface area (Å²) in [6, 6.07) is 0. The van der Waals surface area contributed by atoms with Crippen LogP contribution in [0.25, 0.3) is 0 Å². The third kappa shape index (κ3) is 3.15. The van der Waals surface area contributed by atoms with Crippen LogP contribution in [0.2, 0.25) is 4.75 Å². The molecule has 4 heteroatoms. The monoisotopic (exact) mass is 394 g/mol. The van der Waals surface area contributed by atoms with E-state index in [1.807, 2.05) is 0 Å². The molecule has 0 bridgehead atoms. The third-order valence-corrected chi connectivity index (χ3v) is 15.3. The van der Waals surface area contributed by atoms with E-state index in [9.17, 15) is 0 Å². The molecule has 0 aromatic heterocycles. The molecule has 1 aliphatic rings. The summed E-state index contributed by atoms with van der Waals surface area (Å²) in [5.74, 6) is 0. The molecule has 0 aromatic carbocycles. The zero-order valence-corrected chi connectivity index (χ0v) is 12.6. The molecule has 1 saturated carbocycles. The maximum absolute atomic E-state index is 3.76. The van der Waals surface area contributed by atoms with Gasteiger partial charge in [0.25, 0.3) is 0 Å². The molecule has 1 aliphatic carbocycles. The Labute approximate surface area is 85.7 Å². The van der Waals surface area contributed by atoms with Crippen molar-refractivity contribution >= 4 is 49.8 Å². The number of hydrogen-bond donors (Lipinski definition) is 0. The van der Waals surface area contributed by atoms with Gasteiger partial charge in [-0.15, -0.1) is 0 Å². The molecule has 0 N–H and O–H groups in total. The van der Waals surface area contributed by atoms with E-state index in [4.69, 9.17) is 0 Å². The minimum absolute atomic E-state index is 0.939. The first-order valence-electron chi connectivity index (χ1n) is 3.67. The van der Waals surface area contributed by atoms with Gasteiger partial charge in [0.1, 0.15) is 0 Å². The van der Waals surface area contributed by atoms with Crippen LogP contribution in [0.15, 0.2) is 0 Å². The minimum atomic E-state index is -1.78. The molecule has 0 amide bonds. The zero-order valence-electron chi connectivity index (χ0n) is 5.75. The Morgan fingerprint density at radius 1 is 0.900 bits per heavy atom. The average Bonchev–Trinajstić information content (AvgIpc) is 1.88. The van der Waals surface area contributed by atoms with Gasteiger partial charge in [0.15, 0.2) is 0 Å². The Morgan fingerprint density at radius 3 is 1.70 bits per heavy atom. The van der Waals surface area contributed by atoms with Gasteiger partial charge in [-0.3, -0.25) is 0 Å². The van der Waals surface area contributed by atoms with Gasteiger partial charge in [-0.25, -0.2) is 0 Å². The molecule has 0 aliphatic heterocycles. The van der Waals surface area contributed by atoms with Gasteiger partial charge >= 0.3 is 86.6 Å². The van der Waals surface area contributed by atoms with Crippen LogP contribution in [0.1, 0.15) is 32.1 Å². The van der Waals surface area contributed by atoms with Crippen molar-refractivity contribution in [2.45, 2.75) is 36.9 Å².